The number of hydrazine groups is 1. The highest BCUT2D eigenvalue weighted by Crippen LogP contribution is 2.35. The number of nitrogens with zero attached hydrogens (tertiary/aromatic N) is 3. The van der Waals surface area contributed by atoms with Crippen molar-refractivity contribution in [3.8, 4) is 0 Å². The SMILES string of the molecule is CCN(Cc1noc(C2CCC2)n1)C(=O)C1CC(c2ccc(F)cc2)NN1. The van der Waals surface area contributed by atoms with Gasteiger partial charge in [0.15, 0.2) is 5.82 Å². The summed E-state index contributed by atoms with van der Waals surface area (Å²) in [5.74, 6) is 1.35. The van der Waals surface area contributed by atoms with Gasteiger partial charge < -0.3 is 9.42 Å². The van der Waals surface area contributed by atoms with Gasteiger partial charge in [-0.2, -0.15) is 4.98 Å². The minimum Gasteiger partial charge on any atom is -0.339 e. The van der Waals surface area contributed by atoms with Gasteiger partial charge in [-0.15, -0.1) is 0 Å². The summed E-state index contributed by atoms with van der Waals surface area (Å²) in [5.41, 5.74) is 7.14. The lowest BCUT2D eigenvalue weighted by molar-refractivity contribution is -0.133. The second-order valence-corrected chi connectivity index (χ2v) is 7.21. The molecule has 0 bridgehead atoms. The van der Waals surface area contributed by atoms with Gasteiger partial charge in [-0.1, -0.05) is 23.7 Å². The number of benzene rings is 1. The largest absolute Gasteiger partial charge is 0.339 e. The number of nitrogens with one attached hydrogen (secondary N) is 2. The number of carbonyl (C=O) groups excluding carboxylic acids is 1. The number of halogens is 1. The van der Waals surface area contributed by atoms with Crippen molar-refractivity contribution in [1.82, 2.24) is 25.9 Å². The van der Waals surface area contributed by atoms with Crippen LogP contribution >= 0.6 is 0 Å². The molecule has 1 aromatic heterocycles. The minimum atomic E-state index is -0.349. The molecule has 0 spiro atoms. The molecule has 1 amide bonds. The van der Waals surface area contributed by atoms with Crippen LogP contribution in [0, 0.1) is 5.82 Å². The predicted octanol–water partition coefficient (Wildman–Crippen LogP) is 2.43. The van der Waals surface area contributed by atoms with Crippen molar-refractivity contribution in [3.05, 3.63) is 47.4 Å². The van der Waals surface area contributed by atoms with E-state index in [4.69, 9.17) is 4.52 Å². The quantitative estimate of drug-likeness (QED) is 0.809. The van der Waals surface area contributed by atoms with Gasteiger partial charge in [-0.25, -0.2) is 15.2 Å². The van der Waals surface area contributed by atoms with Crippen LogP contribution in [0.2, 0.25) is 0 Å². The Morgan fingerprint density at radius 3 is 2.74 bits per heavy atom. The summed E-state index contributed by atoms with van der Waals surface area (Å²) in [7, 11) is 0. The number of carbonyl (C=O) groups is 1. The summed E-state index contributed by atoms with van der Waals surface area (Å²) >= 11 is 0. The maximum absolute atomic E-state index is 13.1. The molecule has 2 atom stereocenters. The lowest BCUT2D eigenvalue weighted by Gasteiger charge is -2.22. The smallest absolute Gasteiger partial charge is 0.241 e. The summed E-state index contributed by atoms with van der Waals surface area (Å²) in [6.07, 6.45) is 4.00. The monoisotopic (exact) mass is 373 g/mol. The average Bonchev–Trinajstić information content (AvgIpc) is 3.28. The summed E-state index contributed by atoms with van der Waals surface area (Å²) < 4.78 is 18.4. The molecule has 1 aliphatic heterocycles. The number of rotatable bonds is 6. The molecule has 2 unspecified atom stereocenters. The molecule has 2 heterocycles. The molecule has 27 heavy (non-hydrogen) atoms. The van der Waals surface area contributed by atoms with Crippen LogP contribution in [0.5, 0.6) is 0 Å². The van der Waals surface area contributed by atoms with Gasteiger partial charge in [0.05, 0.1) is 6.54 Å². The van der Waals surface area contributed by atoms with Crippen molar-refractivity contribution in [2.24, 2.45) is 0 Å². The molecule has 1 saturated carbocycles. The Balaban J connectivity index is 1.37. The molecular weight excluding hydrogens is 349 g/mol. The molecule has 1 saturated heterocycles. The first-order valence-corrected chi connectivity index (χ1v) is 9.52. The molecule has 2 aliphatic rings. The molecule has 0 radical (unpaired) electrons. The molecular formula is C19H24FN5O2. The summed E-state index contributed by atoms with van der Waals surface area (Å²) in [4.78, 5) is 19.1. The molecule has 2 fully saturated rings. The van der Waals surface area contributed by atoms with Crippen molar-refractivity contribution >= 4 is 5.91 Å². The van der Waals surface area contributed by atoms with Crippen LogP contribution in [-0.2, 0) is 11.3 Å². The standard InChI is InChI=1S/C19H24FN5O2/c1-2-25(11-17-21-18(27-24-17)13-4-3-5-13)19(26)16-10-15(22-23-16)12-6-8-14(20)9-7-12/h6-9,13,15-16,22-23H,2-5,10-11H2,1H3. The summed E-state index contributed by atoms with van der Waals surface area (Å²) in [6.45, 7) is 2.83. The van der Waals surface area contributed by atoms with E-state index < -0.39 is 0 Å². The van der Waals surface area contributed by atoms with E-state index in [1.807, 2.05) is 6.92 Å². The van der Waals surface area contributed by atoms with Gasteiger partial charge >= 0.3 is 0 Å². The van der Waals surface area contributed by atoms with Gasteiger partial charge in [0, 0.05) is 18.5 Å². The minimum absolute atomic E-state index is 0.00962. The Labute approximate surface area is 157 Å². The number of hydrogen-bond acceptors (Lipinski definition) is 6. The zero-order valence-electron chi connectivity index (χ0n) is 15.3. The van der Waals surface area contributed by atoms with Crippen LogP contribution in [0.3, 0.4) is 0 Å². The van der Waals surface area contributed by atoms with Crippen LogP contribution in [0.4, 0.5) is 4.39 Å². The van der Waals surface area contributed by atoms with Gasteiger partial charge in [0.1, 0.15) is 11.9 Å². The molecule has 2 aromatic rings. The molecule has 7 nitrogen and oxygen atoms in total. The third kappa shape index (κ3) is 3.86. The normalized spacial score (nSPS) is 22.6. The van der Waals surface area contributed by atoms with E-state index in [9.17, 15) is 9.18 Å². The number of amides is 1. The van der Waals surface area contributed by atoms with Crippen molar-refractivity contribution in [1.29, 1.82) is 0 Å². The third-order valence-corrected chi connectivity index (χ3v) is 5.44. The highest BCUT2D eigenvalue weighted by molar-refractivity contribution is 5.82. The van der Waals surface area contributed by atoms with E-state index in [0.29, 0.717) is 37.1 Å². The van der Waals surface area contributed by atoms with E-state index in [1.54, 1.807) is 17.0 Å². The van der Waals surface area contributed by atoms with Gasteiger partial charge in [0.25, 0.3) is 0 Å². The molecule has 1 aromatic carbocycles. The van der Waals surface area contributed by atoms with Gasteiger partial charge in [-0.3, -0.25) is 4.79 Å². The lowest BCUT2D eigenvalue weighted by Crippen LogP contribution is -2.45. The fraction of sp³-hybridized carbons (Fsp3) is 0.526. The molecule has 1 aliphatic carbocycles. The second-order valence-electron chi connectivity index (χ2n) is 7.21. The van der Waals surface area contributed by atoms with Crippen molar-refractivity contribution in [3.63, 3.8) is 0 Å². The summed E-state index contributed by atoms with van der Waals surface area (Å²) in [5, 5.41) is 4.04. The summed E-state index contributed by atoms with van der Waals surface area (Å²) in [6, 6.07) is 5.95. The molecule has 8 heteroatoms. The first-order valence-electron chi connectivity index (χ1n) is 9.52. The van der Waals surface area contributed by atoms with Crippen molar-refractivity contribution < 1.29 is 13.7 Å². The Kier molecular flexibility index (Phi) is 5.18. The highest BCUT2D eigenvalue weighted by Gasteiger charge is 2.33. The Morgan fingerprint density at radius 1 is 1.30 bits per heavy atom. The van der Waals surface area contributed by atoms with E-state index in [-0.39, 0.29) is 23.8 Å². The van der Waals surface area contributed by atoms with Crippen LogP contribution in [0.1, 0.15) is 61.8 Å². The van der Waals surface area contributed by atoms with E-state index in [1.165, 1.54) is 18.6 Å². The number of hydrogen-bond donors (Lipinski definition) is 2. The number of likely N-dealkylation sites (N-methyl/N-ethyl adjacent to an activating group) is 1. The molecule has 2 N–H and O–H groups in total. The van der Waals surface area contributed by atoms with Crippen LogP contribution < -0.4 is 10.9 Å². The topological polar surface area (TPSA) is 83.3 Å². The fourth-order valence-corrected chi connectivity index (χ4v) is 3.52. The van der Waals surface area contributed by atoms with Crippen LogP contribution in [0.25, 0.3) is 0 Å². The van der Waals surface area contributed by atoms with Crippen molar-refractivity contribution in [2.45, 2.75) is 57.2 Å². The Hall–Kier alpha value is -2.32. The van der Waals surface area contributed by atoms with E-state index >= 15 is 0 Å². The zero-order valence-corrected chi connectivity index (χ0v) is 15.3. The van der Waals surface area contributed by atoms with Crippen LogP contribution in [0.15, 0.2) is 28.8 Å². The lowest BCUT2D eigenvalue weighted by atomic mass is 9.85. The fourth-order valence-electron chi connectivity index (χ4n) is 3.52. The average molecular weight is 373 g/mol. The Bertz CT molecular complexity index is 790. The predicted molar refractivity (Wildman–Crippen MR) is 95.8 cm³/mol. The first-order chi connectivity index (χ1) is 13.1. The first kappa shape index (κ1) is 18.1. The Morgan fingerprint density at radius 2 is 2.07 bits per heavy atom. The maximum Gasteiger partial charge on any atom is 0.241 e. The van der Waals surface area contributed by atoms with Crippen LogP contribution in [-0.4, -0.2) is 33.5 Å². The number of aromatic nitrogens is 2. The zero-order chi connectivity index (χ0) is 18.8. The molecule has 144 valence electrons. The van der Waals surface area contributed by atoms with Gasteiger partial charge in [0.2, 0.25) is 11.8 Å². The third-order valence-electron chi connectivity index (χ3n) is 5.44. The molecule has 4 rings (SSSR count). The highest BCUT2D eigenvalue weighted by atomic mass is 19.1. The van der Waals surface area contributed by atoms with Gasteiger partial charge in [-0.05, 0) is 43.9 Å². The second kappa shape index (κ2) is 7.74. The maximum atomic E-state index is 13.1. The van der Waals surface area contributed by atoms with Crippen molar-refractivity contribution in [2.75, 3.05) is 6.54 Å². The van der Waals surface area contributed by atoms with E-state index in [0.717, 1.165) is 18.4 Å². The van der Waals surface area contributed by atoms with E-state index in [2.05, 4.69) is 21.0 Å².